The Bertz CT molecular complexity index is 136. The maximum Gasteiger partial charge on any atom is 0.0589 e. The van der Waals surface area contributed by atoms with Crippen LogP contribution in [-0.4, -0.2) is 44.5 Å². The predicted molar refractivity (Wildman–Crippen MR) is 54.9 cm³/mol. The van der Waals surface area contributed by atoms with Crippen LogP contribution in [-0.2, 0) is 4.74 Å². The van der Waals surface area contributed by atoms with E-state index >= 15 is 0 Å². The average molecular weight is 189 g/mol. The van der Waals surface area contributed by atoms with E-state index in [1.165, 1.54) is 19.4 Å². The van der Waals surface area contributed by atoms with Crippen LogP contribution in [0.15, 0.2) is 0 Å². The third kappa shape index (κ3) is 2.96. The summed E-state index contributed by atoms with van der Waals surface area (Å²) in [5, 5.41) is 0. The first kappa shape index (κ1) is 10.4. The van der Waals surface area contributed by atoms with E-state index in [0.717, 1.165) is 18.9 Å². The Balaban J connectivity index is 2.13. The van der Waals surface area contributed by atoms with Crippen LogP contribution < -0.4 is 0 Å². The summed E-state index contributed by atoms with van der Waals surface area (Å²) in [5.74, 6) is 1.03. The second-order valence-electron chi connectivity index (χ2n) is 3.89. The Morgan fingerprint density at radius 2 is 2.17 bits per heavy atom. The maximum absolute atomic E-state index is 5.02. The molecule has 0 aromatic heterocycles. The molecule has 3 heteroatoms. The maximum atomic E-state index is 5.02. The van der Waals surface area contributed by atoms with Crippen molar-refractivity contribution in [2.45, 2.75) is 12.8 Å². The molecule has 0 radical (unpaired) electrons. The molecule has 1 aliphatic carbocycles. The number of nitrogens with zero attached hydrogens (tertiary/aromatic N) is 1. The molecule has 0 heterocycles. The van der Waals surface area contributed by atoms with E-state index in [9.17, 15) is 0 Å². The molecule has 0 N–H and O–H groups in total. The van der Waals surface area contributed by atoms with Crippen molar-refractivity contribution in [2.75, 3.05) is 39.6 Å². The molecule has 1 fully saturated rings. The minimum atomic E-state index is 0.547. The smallest absolute Gasteiger partial charge is 0.0589 e. The van der Waals surface area contributed by atoms with Gasteiger partial charge < -0.3 is 9.64 Å². The van der Waals surface area contributed by atoms with Gasteiger partial charge in [-0.1, -0.05) is 0 Å². The van der Waals surface area contributed by atoms with E-state index in [-0.39, 0.29) is 0 Å². The summed E-state index contributed by atoms with van der Waals surface area (Å²) >= 11 is 4.37. The van der Waals surface area contributed by atoms with Crippen molar-refractivity contribution in [1.29, 1.82) is 0 Å². The van der Waals surface area contributed by atoms with Gasteiger partial charge in [0.2, 0.25) is 0 Å². The summed E-state index contributed by atoms with van der Waals surface area (Å²) in [6, 6.07) is 0. The van der Waals surface area contributed by atoms with E-state index in [1.54, 1.807) is 7.11 Å². The lowest BCUT2D eigenvalue weighted by Gasteiger charge is -2.21. The molecule has 0 spiro atoms. The van der Waals surface area contributed by atoms with Gasteiger partial charge in [0.05, 0.1) is 6.61 Å². The first-order valence-electron chi connectivity index (χ1n) is 4.51. The van der Waals surface area contributed by atoms with E-state index in [1.807, 2.05) is 0 Å². The largest absolute Gasteiger partial charge is 0.383 e. The van der Waals surface area contributed by atoms with Crippen molar-refractivity contribution in [1.82, 2.24) is 4.90 Å². The first-order valence-corrected chi connectivity index (χ1v) is 5.14. The summed E-state index contributed by atoms with van der Waals surface area (Å²) in [5.41, 5.74) is 0.547. The lowest BCUT2D eigenvalue weighted by atomic mass is 10.1. The number of thiol groups is 1. The van der Waals surface area contributed by atoms with Crippen LogP contribution in [0.2, 0.25) is 0 Å². The molecule has 1 rings (SSSR count). The van der Waals surface area contributed by atoms with Gasteiger partial charge in [-0.15, -0.1) is 0 Å². The summed E-state index contributed by atoms with van der Waals surface area (Å²) in [4.78, 5) is 2.34. The Hall–Kier alpha value is 0.270. The van der Waals surface area contributed by atoms with Crippen LogP contribution in [0.5, 0.6) is 0 Å². The highest BCUT2D eigenvalue weighted by atomic mass is 32.1. The molecule has 12 heavy (non-hydrogen) atoms. The lowest BCUT2D eigenvalue weighted by Crippen LogP contribution is -2.30. The first-order chi connectivity index (χ1) is 5.72. The van der Waals surface area contributed by atoms with Gasteiger partial charge in [-0.05, 0) is 31.1 Å². The van der Waals surface area contributed by atoms with E-state index < -0.39 is 0 Å². The van der Waals surface area contributed by atoms with Gasteiger partial charge >= 0.3 is 0 Å². The van der Waals surface area contributed by atoms with Gasteiger partial charge in [0.15, 0.2) is 0 Å². The quantitative estimate of drug-likeness (QED) is 0.632. The summed E-state index contributed by atoms with van der Waals surface area (Å²) < 4.78 is 5.02. The number of likely N-dealkylation sites (N-methyl/N-ethyl adjacent to an activating group) is 1. The molecule has 1 aliphatic rings. The fraction of sp³-hybridized carbons (Fsp3) is 1.00. The zero-order valence-corrected chi connectivity index (χ0v) is 8.94. The summed E-state index contributed by atoms with van der Waals surface area (Å²) in [6.07, 6.45) is 2.71. The Morgan fingerprint density at radius 3 is 2.58 bits per heavy atom. The molecule has 0 atom stereocenters. The van der Waals surface area contributed by atoms with Crippen molar-refractivity contribution < 1.29 is 4.74 Å². The molecular weight excluding hydrogens is 170 g/mol. The van der Waals surface area contributed by atoms with Crippen LogP contribution in [0.25, 0.3) is 0 Å². The minimum Gasteiger partial charge on any atom is -0.383 e. The SMILES string of the molecule is COCCN(C)CC1(CS)CC1. The molecule has 1 saturated carbocycles. The molecule has 0 unspecified atom stereocenters. The van der Waals surface area contributed by atoms with Crippen molar-refractivity contribution in [3.63, 3.8) is 0 Å². The molecule has 0 bridgehead atoms. The molecule has 0 aliphatic heterocycles. The lowest BCUT2D eigenvalue weighted by molar-refractivity contribution is 0.152. The average Bonchev–Trinajstić information content (AvgIpc) is 2.82. The molecule has 0 saturated heterocycles. The highest BCUT2D eigenvalue weighted by Crippen LogP contribution is 2.46. The van der Waals surface area contributed by atoms with Crippen molar-refractivity contribution in [3.8, 4) is 0 Å². The van der Waals surface area contributed by atoms with Crippen LogP contribution >= 0.6 is 12.6 Å². The van der Waals surface area contributed by atoms with Crippen molar-refractivity contribution in [3.05, 3.63) is 0 Å². The zero-order valence-electron chi connectivity index (χ0n) is 8.05. The van der Waals surface area contributed by atoms with E-state index in [2.05, 4.69) is 24.6 Å². The topological polar surface area (TPSA) is 12.5 Å². The third-order valence-corrected chi connectivity index (χ3v) is 3.25. The number of hydrogen-bond donors (Lipinski definition) is 1. The normalized spacial score (nSPS) is 20.0. The standard InChI is InChI=1S/C9H19NOS/c1-10(5-6-11-2)7-9(8-12)3-4-9/h12H,3-8H2,1-2H3. The van der Waals surface area contributed by atoms with Crippen LogP contribution in [0.1, 0.15) is 12.8 Å². The van der Waals surface area contributed by atoms with E-state index in [0.29, 0.717) is 5.41 Å². The summed E-state index contributed by atoms with van der Waals surface area (Å²) in [6.45, 7) is 3.05. The van der Waals surface area contributed by atoms with Crippen LogP contribution in [0.4, 0.5) is 0 Å². The molecule has 72 valence electrons. The predicted octanol–water partition coefficient (Wildman–Crippen LogP) is 1.27. The Morgan fingerprint density at radius 1 is 1.50 bits per heavy atom. The van der Waals surface area contributed by atoms with Gasteiger partial charge in [0, 0.05) is 20.2 Å². The van der Waals surface area contributed by atoms with Gasteiger partial charge in [-0.2, -0.15) is 12.6 Å². The fourth-order valence-electron chi connectivity index (χ4n) is 1.44. The number of ether oxygens (including phenoxy) is 1. The highest BCUT2D eigenvalue weighted by Gasteiger charge is 2.41. The van der Waals surface area contributed by atoms with Gasteiger partial charge in [0.25, 0.3) is 0 Å². The molecule has 0 aromatic carbocycles. The molecule has 0 amide bonds. The minimum absolute atomic E-state index is 0.547. The monoisotopic (exact) mass is 189 g/mol. The molecule has 2 nitrogen and oxygen atoms in total. The summed E-state index contributed by atoms with van der Waals surface area (Å²) in [7, 11) is 3.90. The Kier molecular flexibility index (Phi) is 3.87. The van der Waals surface area contributed by atoms with Crippen LogP contribution in [0, 0.1) is 5.41 Å². The van der Waals surface area contributed by atoms with Crippen molar-refractivity contribution >= 4 is 12.6 Å². The second kappa shape index (κ2) is 4.49. The Labute approximate surface area is 80.7 Å². The second-order valence-corrected chi connectivity index (χ2v) is 4.20. The van der Waals surface area contributed by atoms with Gasteiger partial charge in [-0.3, -0.25) is 0 Å². The zero-order chi connectivity index (χ0) is 9.03. The number of hydrogen-bond acceptors (Lipinski definition) is 3. The number of rotatable bonds is 6. The molecule has 0 aromatic rings. The van der Waals surface area contributed by atoms with E-state index in [4.69, 9.17) is 4.74 Å². The number of methoxy groups -OCH3 is 1. The van der Waals surface area contributed by atoms with Crippen molar-refractivity contribution in [2.24, 2.45) is 5.41 Å². The molecular formula is C9H19NOS. The van der Waals surface area contributed by atoms with Gasteiger partial charge in [0.1, 0.15) is 0 Å². The van der Waals surface area contributed by atoms with Crippen LogP contribution in [0.3, 0.4) is 0 Å². The highest BCUT2D eigenvalue weighted by molar-refractivity contribution is 7.80. The third-order valence-electron chi connectivity index (χ3n) is 2.57. The fourth-order valence-corrected chi connectivity index (χ4v) is 1.86. The van der Waals surface area contributed by atoms with Gasteiger partial charge in [-0.25, -0.2) is 0 Å².